The van der Waals surface area contributed by atoms with Gasteiger partial charge in [0.25, 0.3) is 0 Å². The van der Waals surface area contributed by atoms with Gasteiger partial charge in [0.15, 0.2) is 0 Å². The summed E-state index contributed by atoms with van der Waals surface area (Å²) in [6, 6.07) is 13.5. The molecule has 11 heteroatoms. The van der Waals surface area contributed by atoms with Gasteiger partial charge >= 0.3 is 18.0 Å². The summed E-state index contributed by atoms with van der Waals surface area (Å²) < 4.78 is 45.7. The van der Waals surface area contributed by atoms with Crippen LogP contribution in [0.4, 0.5) is 24.7 Å². The van der Waals surface area contributed by atoms with Crippen molar-refractivity contribution in [3.63, 3.8) is 0 Å². The van der Waals surface area contributed by atoms with E-state index < -0.39 is 22.3 Å². The number of fused-ring (bicyclic) bond motifs is 1. The van der Waals surface area contributed by atoms with Gasteiger partial charge in [-0.25, -0.2) is 0 Å². The number of ether oxygens (including phenoxy) is 1. The summed E-state index contributed by atoms with van der Waals surface area (Å²) in [5.74, 6) is -0.217. The van der Waals surface area contributed by atoms with Crippen molar-refractivity contribution in [1.82, 2.24) is 14.5 Å². The van der Waals surface area contributed by atoms with Crippen molar-refractivity contribution >= 4 is 17.6 Å². The fourth-order valence-electron chi connectivity index (χ4n) is 4.39. The second-order valence-electron chi connectivity index (χ2n) is 9.56. The summed E-state index contributed by atoms with van der Waals surface area (Å²) in [6.07, 6.45) is 0.775. The maximum Gasteiger partial charge on any atom is 0.416 e. The zero-order chi connectivity index (χ0) is 26.8. The van der Waals surface area contributed by atoms with Gasteiger partial charge in [-0.15, -0.1) is 0 Å². The lowest BCUT2D eigenvalue weighted by atomic mass is 10.1. The Morgan fingerprint density at radius 2 is 1.84 bits per heavy atom. The van der Waals surface area contributed by atoms with Crippen LogP contribution < -0.4 is 9.64 Å². The first kappa shape index (κ1) is 26.2. The van der Waals surface area contributed by atoms with Crippen LogP contribution in [0.1, 0.15) is 23.6 Å². The van der Waals surface area contributed by atoms with Crippen molar-refractivity contribution in [3.05, 3.63) is 87.6 Å². The molecule has 0 saturated heterocycles. The number of alkyl halides is 3. The van der Waals surface area contributed by atoms with E-state index in [2.05, 4.69) is 9.88 Å². The Balaban J connectivity index is 1.26. The standard InChI is InChI=1S/C26H28F3N5O3/c1-25(18-33-16-23(34(35)36)30-24(33)37-25)17-31(2)15-20-8-12-22(13-9-20)32(3)14-4-5-19-6-10-21(11-7-19)26(27,28)29/h4-13,16H,14-15,17-18H2,1-3H3. The summed E-state index contributed by atoms with van der Waals surface area (Å²) in [5, 5.41) is 10.9. The molecule has 0 radical (unpaired) electrons. The first-order valence-electron chi connectivity index (χ1n) is 11.6. The number of benzene rings is 2. The number of aromatic nitrogens is 2. The third kappa shape index (κ3) is 6.48. The highest BCUT2D eigenvalue weighted by atomic mass is 19.4. The van der Waals surface area contributed by atoms with Gasteiger partial charge in [-0.05, 0) is 54.3 Å². The zero-order valence-corrected chi connectivity index (χ0v) is 20.8. The van der Waals surface area contributed by atoms with Crippen molar-refractivity contribution in [3.8, 4) is 6.01 Å². The van der Waals surface area contributed by atoms with Gasteiger partial charge in [0.1, 0.15) is 11.8 Å². The van der Waals surface area contributed by atoms with E-state index in [9.17, 15) is 23.3 Å². The maximum atomic E-state index is 12.7. The fraction of sp³-hybridized carbons (Fsp3) is 0.346. The quantitative estimate of drug-likeness (QED) is 0.287. The predicted octanol–water partition coefficient (Wildman–Crippen LogP) is 5.24. The number of nitro groups is 1. The fourth-order valence-corrected chi connectivity index (χ4v) is 4.39. The van der Waals surface area contributed by atoms with Gasteiger partial charge < -0.3 is 19.8 Å². The molecule has 0 fully saturated rings. The average Bonchev–Trinajstić information content (AvgIpc) is 3.34. The monoisotopic (exact) mass is 515 g/mol. The number of halogens is 3. The minimum atomic E-state index is -4.33. The van der Waals surface area contributed by atoms with Crippen LogP contribution in [0.3, 0.4) is 0 Å². The molecule has 0 bridgehead atoms. The summed E-state index contributed by atoms with van der Waals surface area (Å²) >= 11 is 0. The molecule has 1 unspecified atom stereocenters. The van der Waals surface area contributed by atoms with E-state index in [1.165, 1.54) is 18.3 Å². The third-order valence-corrected chi connectivity index (χ3v) is 6.12. The number of hydrogen-bond acceptors (Lipinski definition) is 6. The molecule has 3 aromatic rings. The highest BCUT2D eigenvalue weighted by Crippen LogP contribution is 2.32. The van der Waals surface area contributed by atoms with Crippen LogP contribution >= 0.6 is 0 Å². The second kappa shape index (κ2) is 10.3. The minimum absolute atomic E-state index is 0.217. The molecular weight excluding hydrogens is 487 g/mol. The van der Waals surface area contributed by atoms with E-state index in [0.717, 1.165) is 23.4 Å². The highest BCUT2D eigenvalue weighted by molar-refractivity contribution is 5.53. The van der Waals surface area contributed by atoms with Crippen LogP contribution in [0.25, 0.3) is 6.08 Å². The van der Waals surface area contributed by atoms with E-state index in [0.29, 0.717) is 31.7 Å². The lowest BCUT2D eigenvalue weighted by molar-refractivity contribution is -0.389. The number of rotatable bonds is 9. The van der Waals surface area contributed by atoms with Crippen molar-refractivity contribution in [1.29, 1.82) is 0 Å². The van der Waals surface area contributed by atoms with Crippen molar-refractivity contribution in [2.24, 2.45) is 0 Å². The van der Waals surface area contributed by atoms with E-state index in [-0.39, 0.29) is 11.8 Å². The van der Waals surface area contributed by atoms with Crippen LogP contribution in [0.5, 0.6) is 6.01 Å². The molecule has 0 aliphatic carbocycles. The largest absolute Gasteiger partial charge is 0.436 e. The molecule has 37 heavy (non-hydrogen) atoms. The Labute approximate surface area is 212 Å². The van der Waals surface area contributed by atoms with Crippen LogP contribution in [-0.2, 0) is 19.3 Å². The Kier molecular flexibility index (Phi) is 7.26. The van der Waals surface area contributed by atoms with Crippen LogP contribution in [0.15, 0.2) is 60.8 Å². The first-order valence-corrected chi connectivity index (χ1v) is 11.6. The lowest BCUT2D eigenvalue weighted by Gasteiger charge is -2.28. The molecule has 0 spiro atoms. The summed E-state index contributed by atoms with van der Waals surface area (Å²) in [4.78, 5) is 18.5. The molecule has 1 aliphatic heterocycles. The van der Waals surface area contributed by atoms with E-state index in [1.807, 2.05) is 56.3 Å². The SMILES string of the molecule is CN(Cc1ccc(N(C)CC=Cc2ccc(C(F)(F)F)cc2)cc1)CC1(C)Cn2cc([N+](=O)[O-])nc2O1. The molecule has 1 aromatic heterocycles. The van der Waals surface area contributed by atoms with Gasteiger partial charge in [-0.3, -0.25) is 9.47 Å². The van der Waals surface area contributed by atoms with Crippen LogP contribution in [-0.4, -0.2) is 52.2 Å². The highest BCUT2D eigenvalue weighted by Gasteiger charge is 2.41. The van der Waals surface area contributed by atoms with Crippen LogP contribution in [0.2, 0.25) is 0 Å². The maximum absolute atomic E-state index is 12.7. The van der Waals surface area contributed by atoms with E-state index in [1.54, 1.807) is 10.6 Å². The summed E-state index contributed by atoms with van der Waals surface area (Å²) in [7, 11) is 3.94. The molecular formula is C26H28F3N5O3. The molecule has 196 valence electrons. The van der Waals surface area contributed by atoms with Gasteiger partial charge in [0, 0.05) is 37.4 Å². The molecule has 2 heterocycles. The number of hydrogen-bond donors (Lipinski definition) is 0. The zero-order valence-electron chi connectivity index (χ0n) is 20.8. The topological polar surface area (TPSA) is 76.7 Å². The van der Waals surface area contributed by atoms with Crippen molar-refractivity contribution in [2.45, 2.75) is 31.8 Å². The molecule has 2 aromatic carbocycles. The Morgan fingerprint density at radius 1 is 1.16 bits per heavy atom. The smallest absolute Gasteiger partial charge is 0.416 e. The van der Waals surface area contributed by atoms with E-state index >= 15 is 0 Å². The molecule has 0 saturated carbocycles. The molecule has 1 aliphatic rings. The number of imidazole rings is 1. The molecule has 4 rings (SSSR count). The van der Waals surface area contributed by atoms with Gasteiger partial charge in [0.05, 0.1) is 12.1 Å². The van der Waals surface area contributed by atoms with Crippen molar-refractivity contribution < 1.29 is 22.8 Å². The number of nitrogens with zero attached hydrogens (tertiary/aromatic N) is 5. The molecule has 1 atom stereocenters. The Morgan fingerprint density at radius 3 is 2.43 bits per heavy atom. The van der Waals surface area contributed by atoms with Crippen LogP contribution in [0, 0.1) is 10.1 Å². The Hall–Kier alpha value is -3.86. The second-order valence-corrected chi connectivity index (χ2v) is 9.56. The minimum Gasteiger partial charge on any atom is -0.436 e. The van der Waals surface area contributed by atoms with Crippen molar-refractivity contribution in [2.75, 3.05) is 32.1 Å². The molecule has 0 N–H and O–H groups in total. The number of anilines is 1. The lowest BCUT2D eigenvalue weighted by Crippen LogP contribution is -2.43. The summed E-state index contributed by atoms with van der Waals surface area (Å²) in [6.45, 7) is 4.35. The Bertz CT molecular complexity index is 1250. The average molecular weight is 516 g/mol. The van der Waals surface area contributed by atoms with Gasteiger partial charge in [-0.2, -0.15) is 13.2 Å². The van der Waals surface area contributed by atoms with Gasteiger partial charge in [-0.1, -0.05) is 36.4 Å². The predicted molar refractivity (Wildman–Crippen MR) is 134 cm³/mol. The third-order valence-electron chi connectivity index (χ3n) is 6.12. The first-order chi connectivity index (χ1) is 17.4. The number of likely N-dealkylation sites (N-methyl/N-ethyl adjacent to an activating group) is 2. The molecule has 8 nitrogen and oxygen atoms in total. The summed E-state index contributed by atoms with van der Waals surface area (Å²) in [5.41, 5.74) is 1.65. The van der Waals surface area contributed by atoms with Gasteiger partial charge in [0.2, 0.25) is 0 Å². The normalized spacial score (nSPS) is 17.3. The molecule has 0 amide bonds. The van der Waals surface area contributed by atoms with E-state index in [4.69, 9.17) is 4.74 Å².